The molecule has 2 heterocycles. The minimum atomic E-state index is -0.0790. The molecular weight excluding hydrogens is 238 g/mol. The van der Waals surface area contributed by atoms with Crippen molar-refractivity contribution in [1.82, 2.24) is 20.1 Å². The number of nitrogens with one attached hydrogen (secondary N) is 1. The molecule has 0 saturated carbocycles. The van der Waals surface area contributed by atoms with E-state index in [-0.39, 0.29) is 12.5 Å². The minimum Gasteiger partial charge on any atom is -0.396 e. The first kappa shape index (κ1) is 11.6. The van der Waals surface area contributed by atoms with Crippen LogP contribution in [0.15, 0.2) is 24.0 Å². The van der Waals surface area contributed by atoms with Gasteiger partial charge in [0.05, 0.1) is 16.9 Å². The van der Waals surface area contributed by atoms with Crippen LogP contribution >= 0.6 is 11.3 Å². The van der Waals surface area contributed by atoms with Gasteiger partial charge in [0.1, 0.15) is 6.54 Å². The highest BCUT2D eigenvalue weighted by Crippen LogP contribution is 2.03. The number of carbonyl (C=O) groups is 1. The van der Waals surface area contributed by atoms with Crippen molar-refractivity contribution in [2.75, 3.05) is 12.3 Å². The van der Waals surface area contributed by atoms with Gasteiger partial charge in [-0.1, -0.05) is 0 Å². The lowest BCUT2D eigenvalue weighted by Crippen LogP contribution is -2.29. The second-order valence-electron chi connectivity index (χ2n) is 3.50. The Hall–Kier alpha value is -1.89. The van der Waals surface area contributed by atoms with Crippen molar-refractivity contribution in [3.05, 3.63) is 29.0 Å². The van der Waals surface area contributed by atoms with E-state index in [1.165, 1.54) is 10.9 Å². The lowest BCUT2D eigenvalue weighted by Gasteiger charge is -2.03. The average molecular weight is 251 g/mol. The molecule has 0 radical (unpaired) electrons. The first-order chi connectivity index (χ1) is 8.24. The number of hydrogen-bond donors (Lipinski definition) is 2. The molecule has 1 amide bonds. The summed E-state index contributed by atoms with van der Waals surface area (Å²) >= 11 is 1.59. The molecule has 0 unspecified atom stereocenters. The van der Waals surface area contributed by atoms with Gasteiger partial charge in [0.2, 0.25) is 5.91 Å². The minimum absolute atomic E-state index is 0.0790. The third-order valence-electron chi connectivity index (χ3n) is 2.10. The maximum atomic E-state index is 11.5. The number of hydrogen-bond acceptors (Lipinski definition) is 5. The molecule has 3 N–H and O–H groups in total. The van der Waals surface area contributed by atoms with E-state index >= 15 is 0 Å². The Bertz CT molecular complexity index is 479. The summed E-state index contributed by atoms with van der Waals surface area (Å²) in [4.78, 5) is 15.7. The van der Waals surface area contributed by atoms with Gasteiger partial charge in [0, 0.05) is 30.7 Å². The van der Waals surface area contributed by atoms with Crippen LogP contribution in [0.5, 0.6) is 0 Å². The molecule has 0 aliphatic carbocycles. The van der Waals surface area contributed by atoms with E-state index in [0.717, 1.165) is 11.4 Å². The molecule has 0 aliphatic rings. The van der Waals surface area contributed by atoms with Crippen LogP contribution < -0.4 is 11.1 Å². The van der Waals surface area contributed by atoms with Gasteiger partial charge in [0.25, 0.3) is 0 Å². The van der Waals surface area contributed by atoms with Gasteiger partial charge in [-0.2, -0.15) is 5.10 Å². The Labute approximate surface area is 102 Å². The monoisotopic (exact) mass is 251 g/mol. The van der Waals surface area contributed by atoms with Crippen LogP contribution in [0.3, 0.4) is 0 Å². The van der Waals surface area contributed by atoms with Crippen molar-refractivity contribution < 1.29 is 4.79 Å². The number of rotatable bonds is 5. The Morgan fingerprint density at radius 3 is 3.12 bits per heavy atom. The normalized spacial score (nSPS) is 10.4. The van der Waals surface area contributed by atoms with Crippen molar-refractivity contribution >= 4 is 22.9 Å². The number of thiazole rings is 1. The van der Waals surface area contributed by atoms with E-state index in [9.17, 15) is 4.79 Å². The van der Waals surface area contributed by atoms with Gasteiger partial charge >= 0.3 is 0 Å². The Kier molecular flexibility index (Phi) is 3.71. The Morgan fingerprint density at radius 1 is 1.59 bits per heavy atom. The molecule has 7 heteroatoms. The zero-order chi connectivity index (χ0) is 12.1. The summed E-state index contributed by atoms with van der Waals surface area (Å²) in [5.74, 6) is -0.0790. The van der Waals surface area contributed by atoms with E-state index in [1.54, 1.807) is 23.7 Å². The standard InChI is InChI=1S/C10H13N5OS/c11-8-5-14-15(6-8)7-9(16)12-2-1-10-13-3-4-17-10/h3-6H,1-2,7,11H2,(H,12,16). The van der Waals surface area contributed by atoms with Crippen molar-refractivity contribution in [2.24, 2.45) is 0 Å². The SMILES string of the molecule is Nc1cnn(CC(=O)NCCc2nccs2)c1. The van der Waals surface area contributed by atoms with Gasteiger partial charge < -0.3 is 11.1 Å². The summed E-state index contributed by atoms with van der Waals surface area (Å²) in [5, 5.41) is 9.68. The molecule has 0 atom stereocenters. The second kappa shape index (κ2) is 5.44. The zero-order valence-electron chi connectivity index (χ0n) is 9.17. The van der Waals surface area contributed by atoms with Crippen LogP contribution in [0.25, 0.3) is 0 Å². The number of nitrogens with two attached hydrogens (primary N) is 1. The van der Waals surface area contributed by atoms with Crippen LogP contribution in [-0.4, -0.2) is 27.2 Å². The largest absolute Gasteiger partial charge is 0.396 e. The van der Waals surface area contributed by atoms with Crippen molar-refractivity contribution in [2.45, 2.75) is 13.0 Å². The fourth-order valence-corrected chi connectivity index (χ4v) is 1.97. The maximum Gasteiger partial charge on any atom is 0.241 e. The summed E-state index contributed by atoms with van der Waals surface area (Å²) in [6.07, 6.45) is 5.66. The fraction of sp³-hybridized carbons (Fsp3) is 0.300. The Morgan fingerprint density at radius 2 is 2.47 bits per heavy atom. The molecule has 0 spiro atoms. The first-order valence-electron chi connectivity index (χ1n) is 5.17. The number of aromatic nitrogens is 3. The van der Waals surface area contributed by atoms with Gasteiger partial charge in [-0.25, -0.2) is 4.98 Å². The summed E-state index contributed by atoms with van der Waals surface area (Å²) in [6, 6.07) is 0. The van der Waals surface area contributed by atoms with Crippen LogP contribution in [0.4, 0.5) is 5.69 Å². The molecule has 17 heavy (non-hydrogen) atoms. The molecule has 2 aromatic heterocycles. The summed E-state index contributed by atoms with van der Waals surface area (Å²) in [7, 11) is 0. The zero-order valence-corrected chi connectivity index (χ0v) is 9.98. The fourth-order valence-electron chi connectivity index (χ4n) is 1.35. The van der Waals surface area contributed by atoms with Crippen molar-refractivity contribution in [3.63, 3.8) is 0 Å². The van der Waals surface area contributed by atoms with Gasteiger partial charge in [-0.3, -0.25) is 9.48 Å². The molecule has 0 fully saturated rings. The van der Waals surface area contributed by atoms with Crippen molar-refractivity contribution in [3.8, 4) is 0 Å². The first-order valence-corrected chi connectivity index (χ1v) is 6.05. The number of nitrogen functional groups attached to an aromatic ring is 1. The van der Waals surface area contributed by atoms with Crippen LogP contribution in [0, 0.1) is 0 Å². The molecule has 6 nitrogen and oxygen atoms in total. The highest BCUT2D eigenvalue weighted by atomic mass is 32.1. The van der Waals surface area contributed by atoms with Crippen LogP contribution in [-0.2, 0) is 17.8 Å². The lowest BCUT2D eigenvalue weighted by atomic mass is 10.4. The van der Waals surface area contributed by atoms with Gasteiger partial charge in [-0.15, -0.1) is 11.3 Å². The van der Waals surface area contributed by atoms with E-state index in [1.807, 2.05) is 5.38 Å². The molecule has 0 aromatic carbocycles. The molecule has 0 bridgehead atoms. The summed E-state index contributed by atoms with van der Waals surface area (Å²) in [5.41, 5.74) is 6.05. The van der Waals surface area contributed by atoms with Crippen LogP contribution in [0.2, 0.25) is 0 Å². The van der Waals surface area contributed by atoms with Gasteiger partial charge in [-0.05, 0) is 0 Å². The van der Waals surface area contributed by atoms with Crippen LogP contribution in [0.1, 0.15) is 5.01 Å². The molecule has 0 saturated heterocycles. The number of carbonyl (C=O) groups excluding carboxylic acids is 1. The van der Waals surface area contributed by atoms with E-state index in [0.29, 0.717) is 12.2 Å². The molecule has 0 aliphatic heterocycles. The second-order valence-corrected chi connectivity index (χ2v) is 4.48. The molecule has 90 valence electrons. The smallest absolute Gasteiger partial charge is 0.241 e. The quantitative estimate of drug-likeness (QED) is 0.799. The van der Waals surface area contributed by atoms with Crippen molar-refractivity contribution in [1.29, 1.82) is 0 Å². The molecule has 2 aromatic rings. The molecular formula is C10H13N5OS. The highest BCUT2D eigenvalue weighted by molar-refractivity contribution is 7.09. The topological polar surface area (TPSA) is 85.8 Å². The third-order valence-corrected chi connectivity index (χ3v) is 2.94. The number of amides is 1. The van der Waals surface area contributed by atoms with E-state index in [2.05, 4.69) is 15.4 Å². The van der Waals surface area contributed by atoms with E-state index in [4.69, 9.17) is 5.73 Å². The van der Waals surface area contributed by atoms with E-state index < -0.39 is 0 Å². The third kappa shape index (κ3) is 3.56. The Balaban J connectivity index is 1.71. The lowest BCUT2D eigenvalue weighted by molar-refractivity contribution is -0.121. The predicted molar refractivity (Wildman–Crippen MR) is 65.5 cm³/mol. The average Bonchev–Trinajstić information content (AvgIpc) is 2.90. The van der Waals surface area contributed by atoms with Gasteiger partial charge in [0.15, 0.2) is 0 Å². The summed E-state index contributed by atoms with van der Waals surface area (Å²) in [6.45, 7) is 0.776. The highest BCUT2D eigenvalue weighted by Gasteiger charge is 2.03. The molecule has 2 rings (SSSR count). The number of nitrogens with zero attached hydrogens (tertiary/aromatic N) is 3. The summed E-state index contributed by atoms with van der Waals surface area (Å²) < 4.78 is 1.51. The predicted octanol–water partition coefficient (Wildman–Crippen LogP) is 0.281. The number of anilines is 1. The maximum absolute atomic E-state index is 11.5.